The molecule has 156 valence electrons. The fourth-order valence-electron chi connectivity index (χ4n) is 3.54. The summed E-state index contributed by atoms with van der Waals surface area (Å²) in [5.74, 6) is 0.737. The highest BCUT2D eigenvalue weighted by Gasteiger charge is 2.31. The van der Waals surface area contributed by atoms with E-state index >= 15 is 0 Å². The summed E-state index contributed by atoms with van der Waals surface area (Å²) in [5, 5.41) is 3.33. The van der Waals surface area contributed by atoms with Crippen molar-refractivity contribution in [2.45, 2.75) is 51.5 Å². The van der Waals surface area contributed by atoms with Crippen LogP contribution >= 0.6 is 36.2 Å². The minimum absolute atomic E-state index is 0. The first-order valence-corrected chi connectivity index (χ1v) is 10.4. The lowest BCUT2D eigenvalue weighted by Gasteiger charge is -2.35. The van der Waals surface area contributed by atoms with E-state index in [0.29, 0.717) is 11.8 Å². The quantitative estimate of drug-likeness (QED) is 0.694. The summed E-state index contributed by atoms with van der Waals surface area (Å²) in [4.78, 5) is 19.8. The molecule has 3 rings (SSSR count). The number of amides is 1. The number of benzene rings is 1. The molecule has 1 aliphatic heterocycles. The van der Waals surface area contributed by atoms with Gasteiger partial charge in [-0.25, -0.2) is 4.98 Å². The lowest BCUT2D eigenvalue weighted by molar-refractivity contribution is -0.137. The maximum absolute atomic E-state index is 13.0. The lowest BCUT2D eigenvalue weighted by atomic mass is 9.92. The number of aromatic nitrogens is 1. The van der Waals surface area contributed by atoms with Gasteiger partial charge in [0.2, 0.25) is 5.91 Å². The molecule has 0 aliphatic carbocycles. The third-order valence-electron chi connectivity index (χ3n) is 5.33. The molecule has 0 bridgehead atoms. The van der Waals surface area contributed by atoms with Gasteiger partial charge in [-0.1, -0.05) is 51.1 Å². The molecule has 4 nitrogen and oxygen atoms in total. The Bertz CT molecular complexity index is 738. The zero-order valence-corrected chi connectivity index (χ0v) is 19.2. The summed E-state index contributed by atoms with van der Waals surface area (Å²) in [6.07, 6.45) is 2.13. The first-order valence-electron chi connectivity index (χ1n) is 9.52. The van der Waals surface area contributed by atoms with Gasteiger partial charge in [0.15, 0.2) is 0 Å². The maximum Gasteiger partial charge on any atom is 0.227 e. The molecule has 1 fully saturated rings. The number of carbonyl (C=O) groups is 1. The first-order chi connectivity index (χ1) is 12.5. The molecule has 2 heterocycles. The first kappa shape index (κ1) is 24.9. The van der Waals surface area contributed by atoms with E-state index in [1.807, 2.05) is 42.2 Å². The van der Waals surface area contributed by atoms with Crippen molar-refractivity contribution < 1.29 is 4.79 Å². The topological polar surface area (TPSA) is 59.2 Å². The number of thiazole rings is 1. The second-order valence-electron chi connectivity index (χ2n) is 7.61. The minimum atomic E-state index is -0.267. The number of carbonyl (C=O) groups excluding carboxylic acids is 1. The van der Waals surface area contributed by atoms with Gasteiger partial charge in [0, 0.05) is 30.4 Å². The Kier molecular flexibility index (Phi) is 9.91. The largest absolute Gasteiger partial charge is 0.342 e. The Hall–Kier alpha value is -1.14. The number of hydrogen-bond donors (Lipinski definition) is 1. The lowest BCUT2D eigenvalue weighted by Crippen LogP contribution is -2.44. The maximum atomic E-state index is 13.0. The van der Waals surface area contributed by atoms with Crippen LogP contribution in [-0.4, -0.2) is 28.9 Å². The van der Waals surface area contributed by atoms with Gasteiger partial charge in [0.1, 0.15) is 0 Å². The Morgan fingerprint density at radius 3 is 2.50 bits per heavy atom. The van der Waals surface area contributed by atoms with Crippen LogP contribution in [0.15, 0.2) is 35.7 Å². The van der Waals surface area contributed by atoms with Crippen molar-refractivity contribution in [1.29, 1.82) is 0 Å². The van der Waals surface area contributed by atoms with E-state index in [4.69, 9.17) is 10.7 Å². The molecule has 28 heavy (non-hydrogen) atoms. The smallest absolute Gasteiger partial charge is 0.227 e. The normalized spacial score (nSPS) is 18.8. The van der Waals surface area contributed by atoms with E-state index in [-0.39, 0.29) is 42.7 Å². The molecule has 7 heteroatoms. The number of rotatable bonds is 5. The van der Waals surface area contributed by atoms with Crippen LogP contribution in [0.25, 0.3) is 0 Å². The van der Waals surface area contributed by atoms with Crippen molar-refractivity contribution in [2.24, 2.45) is 11.7 Å². The van der Waals surface area contributed by atoms with E-state index in [1.54, 1.807) is 11.3 Å². The fourth-order valence-corrected chi connectivity index (χ4v) is 4.65. The highest BCUT2D eigenvalue weighted by molar-refractivity contribution is 7.09. The predicted octanol–water partition coefficient (Wildman–Crippen LogP) is 5.15. The van der Waals surface area contributed by atoms with Crippen molar-refractivity contribution in [1.82, 2.24) is 9.88 Å². The summed E-state index contributed by atoms with van der Waals surface area (Å²) in [5.41, 5.74) is 8.55. The molecule has 1 aliphatic rings. The van der Waals surface area contributed by atoms with Gasteiger partial charge in [-0.3, -0.25) is 4.79 Å². The minimum Gasteiger partial charge on any atom is -0.342 e. The van der Waals surface area contributed by atoms with Gasteiger partial charge in [0.05, 0.1) is 16.6 Å². The molecule has 1 aromatic carbocycles. The standard InChI is InChI=1S/C21H29N3OS.2ClH/c1-14(2)18-13-26-20(23-18)17-10-7-11-24(12-17)21(25)15(3)19(22)16-8-5-4-6-9-16;;/h4-6,8-9,13-15,17,19H,7,10-12,22H2,1-3H3;2*1H. The van der Waals surface area contributed by atoms with Crippen LogP contribution in [0.5, 0.6) is 0 Å². The Balaban J connectivity index is 0.00000196. The Morgan fingerprint density at radius 2 is 1.89 bits per heavy atom. The Morgan fingerprint density at radius 1 is 1.21 bits per heavy atom. The molecule has 2 aromatic rings. The van der Waals surface area contributed by atoms with Gasteiger partial charge in [0.25, 0.3) is 0 Å². The molecule has 1 saturated heterocycles. The van der Waals surface area contributed by atoms with Crippen LogP contribution in [0.1, 0.15) is 67.8 Å². The van der Waals surface area contributed by atoms with Gasteiger partial charge in [-0.15, -0.1) is 36.2 Å². The van der Waals surface area contributed by atoms with Crippen molar-refractivity contribution in [3.8, 4) is 0 Å². The van der Waals surface area contributed by atoms with Gasteiger partial charge >= 0.3 is 0 Å². The molecule has 3 atom stereocenters. The molecule has 0 saturated carbocycles. The van der Waals surface area contributed by atoms with Crippen LogP contribution < -0.4 is 5.73 Å². The number of piperidine rings is 1. The number of hydrogen-bond acceptors (Lipinski definition) is 4. The molecule has 2 N–H and O–H groups in total. The molecule has 1 amide bonds. The van der Waals surface area contributed by atoms with E-state index in [0.717, 1.165) is 37.2 Å². The van der Waals surface area contributed by atoms with Crippen molar-refractivity contribution in [3.05, 3.63) is 52.0 Å². The highest BCUT2D eigenvalue weighted by atomic mass is 35.5. The third-order valence-corrected chi connectivity index (χ3v) is 6.35. The second-order valence-corrected chi connectivity index (χ2v) is 8.50. The van der Waals surface area contributed by atoms with Crippen molar-refractivity contribution in [3.63, 3.8) is 0 Å². The number of likely N-dealkylation sites (tertiary alicyclic amines) is 1. The van der Waals surface area contributed by atoms with Gasteiger partial charge < -0.3 is 10.6 Å². The third kappa shape index (κ3) is 5.69. The monoisotopic (exact) mass is 443 g/mol. The van der Waals surface area contributed by atoms with E-state index < -0.39 is 0 Å². The molecular formula is C21H31Cl2N3OS. The zero-order valence-electron chi connectivity index (χ0n) is 16.7. The van der Waals surface area contributed by atoms with Crippen LogP contribution in [0, 0.1) is 5.92 Å². The van der Waals surface area contributed by atoms with E-state index in [2.05, 4.69) is 19.2 Å². The van der Waals surface area contributed by atoms with Gasteiger partial charge in [-0.2, -0.15) is 0 Å². The number of halogens is 2. The second kappa shape index (κ2) is 11.1. The summed E-state index contributed by atoms with van der Waals surface area (Å²) in [6.45, 7) is 7.87. The average molecular weight is 444 g/mol. The summed E-state index contributed by atoms with van der Waals surface area (Å²) in [7, 11) is 0. The molecular weight excluding hydrogens is 413 g/mol. The Labute approximate surface area is 184 Å². The van der Waals surface area contributed by atoms with Crippen molar-refractivity contribution >= 4 is 42.1 Å². The summed E-state index contributed by atoms with van der Waals surface area (Å²) < 4.78 is 0. The van der Waals surface area contributed by atoms with E-state index in [9.17, 15) is 4.79 Å². The summed E-state index contributed by atoms with van der Waals surface area (Å²) >= 11 is 1.74. The molecule has 1 aromatic heterocycles. The van der Waals surface area contributed by atoms with Crippen molar-refractivity contribution in [2.75, 3.05) is 13.1 Å². The average Bonchev–Trinajstić information content (AvgIpc) is 3.17. The van der Waals surface area contributed by atoms with Crippen LogP contribution in [0.4, 0.5) is 0 Å². The molecule has 0 spiro atoms. The van der Waals surface area contributed by atoms with Crippen LogP contribution in [-0.2, 0) is 4.79 Å². The predicted molar refractivity (Wildman–Crippen MR) is 122 cm³/mol. The fraction of sp³-hybridized carbons (Fsp3) is 0.524. The molecule has 0 radical (unpaired) electrons. The van der Waals surface area contributed by atoms with Crippen LogP contribution in [0.3, 0.4) is 0 Å². The number of nitrogens with two attached hydrogens (primary N) is 1. The molecule has 3 unspecified atom stereocenters. The van der Waals surface area contributed by atoms with Gasteiger partial charge in [-0.05, 0) is 24.3 Å². The highest BCUT2D eigenvalue weighted by Crippen LogP contribution is 2.32. The van der Waals surface area contributed by atoms with E-state index in [1.165, 1.54) is 5.01 Å². The van der Waals surface area contributed by atoms with Crippen LogP contribution in [0.2, 0.25) is 0 Å². The SMILES string of the molecule is CC(C)c1csc(C2CCCN(C(=O)C(C)C(N)c3ccccc3)C2)n1.Cl.Cl. The zero-order chi connectivity index (χ0) is 18.7. The number of nitrogens with zero attached hydrogens (tertiary/aromatic N) is 2. The summed E-state index contributed by atoms with van der Waals surface area (Å²) in [6, 6.07) is 9.64.